The lowest BCUT2D eigenvalue weighted by molar-refractivity contribution is 0.241. The van der Waals surface area contributed by atoms with E-state index in [1.165, 1.54) is 4.90 Å². The van der Waals surface area contributed by atoms with Gasteiger partial charge in [0.25, 0.3) is 0 Å². The minimum absolute atomic E-state index is 0.0524. The number of aromatic nitrogens is 1. The SMILES string of the molecule is CC(C)Oc1cncc(C(N)CSc2ccccc2)c1. The Labute approximate surface area is 124 Å². The van der Waals surface area contributed by atoms with Crippen molar-refractivity contribution in [3.8, 4) is 5.75 Å². The molecule has 0 amide bonds. The number of pyridine rings is 1. The number of rotatable bonds is 6. The van der Waals surface area contributed by atoms with Gasteiger partial charge in [-0.1, -0.05) is 18.2 Å². The van der Waals surface area contributed by atoms with Gasteiger partial charge in [0.1, 0.15) is 5.75 Å². The van der Waals surface area contributed by atoms with Gasteiger partial charge >= 0.3 is 0 Å². The fraction of sp³-hybridized carbons (Fsp3) is 0.312. The first-order valence-corrected chi connectivity index (χ1v) is 7.68. The van der Waals surface area contributed by atoms with E-state index in [1.54, 1.807) is 18.0 Å². The Morgan fingerprint density at radius 1 is 1.20 bits per heavy atom. The van der Waals surface area contributed by atoms with Gasteiger partial charge in [0.2, 0.25) is 0 Å². The van der Waals surface area contributed by atoms with E-state index in [0.29, 0.717) is 0 Å². The quantitative estimate of drug-likeness (QED) is 0.824. The van der Waals surface area contributed by atoms with E-state index >= 15 is 0 Å². The van der Waals surface area contributed by atoms with Gasteiger partial charge in [0.05, 0.1) is 12.3 Å². The van der Waals surface area contributed by atoms with Crippen molar-refractivity contribution in [2.75, 3.05) is 5.75 Å². The van der Waals surface area contributed by atoms with Crippen LogP contribution in [0.3, 0.4) is 0 Å². The van der Waals surface area contributed by atoms with E-state index in [4.69, 9.17) is 10.5 Å². The van der Waals surface area contributed by atoms with E-state index in [2.05, 4.69) is 17.1 Å². The maximum absolute atomic E-state index is 6.23. The Balaban J connectivity index is 1.96. The Morgan fingerprint density at radius 2 is 1.95 bits per heavy atom. The zero-order chi connectivity index (χ0) is 14.4. The molecule has 0 saturated carbocycles. The van der Waals surface area contributed by atoms with Crippen LogP contribution in [0.5, 0.6) is 5.75 Å². The molecule has 0 saturated heterocycles. The lowest BCUT2D eigenvalue weighted by atomic mass is 10.1. The van der Waals surface area contributed by atoms with Crippen LogP contribution in [0, 0.1) is 0 Å². The summed E-state index contributed by atoms with van der Waals surface area (Å²) >= 11 is 1.75. The monoisotopic (exact) mass is 288 g/mol. The molecule has 0 radical (unpaired) electrons. The maximum atomic E-state index is 6.23. The van der Waals surface area contributed by atoms with Crippen molar-refractivity contribution in [3.63, 3.8) is 0 Å². The summed E-state index contributed by atoms with van der Waals surface area (Å²) in [6, 6.07) is 12.2. The predicted octanol–water partition coefficient (Wildman–Crippen LogP) is 3.66. The van der Waals surface area contributed by atoms with Crippen molar-refractivity contribution in [3.05, 3.63) is 54.4 Å². The maximum Gasteiger partial charge on any atom is 0.138 e. The van der Waals surface area contributed by atoms with Crippen molar-refractivity contribution in [2.45, 2.75) is 30.9 Å². The standard InChI is InChI=1S/C16H20N2OS/c1-12(2)19-14-8-13(9-18-10-14)16(17)11-20-15-6-4-3-5-7-15/h3-10,12,16H,11,17H2,1-2H3. The largest absolute Gasteiger partial charge is 0.489 e. The Morgan fingerprint density at radius 3 is 2.65 bits per heavy atom. The molecule has 1 heterocycles. The van der Waals surface area contributed by atoms with Crippen LogP contribution in [0.1, 0.15) is 25.5 Å². The first kappa shape index (κ1) is 14.9. The predicted molar refractivity (Wildman–Crippen MR) is 84.1 cm³/mol. The van der Waals surface area contributed by atoms with Crippen molar-refractivity contribution in [1.29, 1.82) is 0 Å². The van der Waals surface area contributed by atoms with Crippen LogP contribution >= 0.6 is 11.8 Å². The summed E-state index contributed by atoms with van der Waals surface area (Å²) in [7, 11) is 0. The second-order valence-corrected chi connectivity index (χ2v) is 5.94. The average Bonchev–Trinajstić information content (AvgIpc) is 2.45. The van der Waals surface area contributed by atoms with E-state index in [9.17, 15) is 0 Å². The normalized spacial score (nSPS) is 12.4. The smallest absolute Gasteiger partial charge is 0.138 e. The van der Waals surface area contributed by atoms with E-state index < -0.39 is 0 Å². The van der Waals surface area contributed by atoms with Crippen molar-refractivity contribution in [1.82, 2.24) is 4.98 Å². The highest BCUT2D eigenvalue weighted by atomic mass is 32.2. The molecule has 106 valence electrons. The van der Waals surface area contributed by atoms with E-state index in [0.717, 1.165) is 17.1 Å². The molecule has 0 aliphatic rings. The van der Waals surface area contributed by atoms with Crippen LogP contribution in [0.4, 0.5) is 0 Å². The van der Waals surface area contributed by atoms with E-state index in [-0.39, 0.29) is 12.1 Å². The molecule has 0 aliphatic carbocycles. The highest BCUT2D eigenvalue weighted by Crippen LogP contribution is 2.24. The van der Waals surface area contributed by atoms with Gasteiger partial charge in [-0.2, -0.15) is 0 Å². The molecule has 3 nitrogen and oxygen atoms in total. The fourth-order valence-corrected chi connectivity index (χ4v) is 2.69. The molecule has 2 N–H and O–H groups in total. The van der Waals surface area contributed by atoms with Crippen LogP contribution < -0.4 is 10.5 Å². The zero-order valence-electron chi connectivity index (χ0n) is 11.8. The topological polar surface area (TPSA) is 48.1 Å². The third-order valence-corrected chi connectivity index (χ3v) is 3.84. The molecule has 0 fully saturated rings. The third kappa shape index (κ3) is 4.54. The lowest BCUT2D eigenvalue weighted by Crippen LogP contribution is -2.14. The molecule has 1 unspecified atom stereocenters. The summed E-state index contributed by atoms with van der Waals surface area (Å²) in [5.41, 5.74) is 7.23. The second kappa shape index (κ2) is 7.31. The van der Waals surface area contributed by atoms with Gasteiger partial charge < -0.3 is 10.5 Å². The molecule has 2 aromatic rings. The van der Waals surface area contributed by atoms with Crippen LogP contribution in [0.15, 0.2) is 53.7 Å². The van der Waals surface area contributed by atoms with Crippen LogP contribution in [0.25, 0.3) is 0 Å². The number of hydrogen-bond acceptors (Lipinski definition) is 4. The summed E-state index contributed by atoms with van der Waals surface area (Å²) in [5.74, 6) is 1.59. The molecular formula is C16H20N2OS. The van der Waals surface area contributed by atoms with Gasteiger partial charge in [-0.05, 0) is 37.6 Å². The molecule has 1 aromatic carbocycles. The fourth-order valence-electron chi connectivity index (χ4n) is 1.77. The minimum atomic E-state index is -0.0524. The summed E-state index contributed by atoms with van der Waals surface area (Å²) in [5, 5.41) is 0. The molecule has 1 aromatic heterocycles. The first-order chi connectivity index (χ1) is 9.65. The first-order valence-electron chi connectivity index (χ1n) is 6.70. The number of ether oxygens (including phenoxy) is 1. The molecular weight excluding hydrogens is 268 g/mol. The lowest BCUT2D eigenvalue weighted by Gasteiger charge is -2.14. The van der Waals surface area contributed by atoms with Gasteiger partial charge in [0.15, 0.2) is 0 Å². The Hall–Kier alpha value is -1.52. The molecule has 0 spiro atoms. The Kier molecular flexibility index (Phi) is 5.44. The van der Waals surface area contributed by atoms with Crippen LogP contribution in [-0.4, -0.2) is 16.8 Å². The van der Waals surface area contributed by atoms with Gasteiger partial charge in [-0.25, -0.2) is 0 Å². The average molecular weight is 288 g/mol. The number of nitrogens with zero attached hydrogens (tertiary/aromatic N) is 1. The summed E-state index contributed by atoms with van der Waals surface area (Å²) in [6.45, 7) is 4.00. The second-order valence-electron chi connectivity index (χ2n) is 4.85. The number of thioether (sulfide) groups is 1. The molecule has 4 heteroatoms. The van der Waals surface area contributed by atoms with Gasteiger partial charge in [-0.3, -0.25) is 4.98 Å². The van der Waals surface area contributed by atoms with Gasteiger partial charge in [-0.15, -0.1) is 11.8 Å². The van der Waals surface area contributed by atoms with Crippen molar-refractivity contribution < 1.29 is 4.74 Å². The highest BCUT2D eigenvalue weighted by Gasteiger charge is 2.09. The number of benzene rings is 1. The summed E-state index contributed by atoms with van der Waals surface area (Å²) in [4.78, 5) is 5.43. The number of nitrogens with two attached hydrogens (primary N) is 1. The third-order valence-electron chi connectivity index (χ3n) is 2.71. The van der Waals surface area contributed by atoms with Crippen molar-refractivity contribution in [2.24, 2.45) is 5.73 Å². The van der Waals surface area contributed by atoms with E-state index in [1.807, 2.05) is 44.3 Å². The Bertz CT molecular complexity index is 531. The molecule has 20 heavy (non-hydrogen) atoms. The van der Waals surface area contributed by atoms with Crippen LogP contribution in [0.2, 0.25) is 0 Å². The molecule has 0 bridgehead atoms. The summed E-state index contributed by atoms with van der Waals surface area (Å²) < 4.78 is 5.64. The zero-order valence-corrected chi connectivity index (χ0v) is 12.6. The molecule has 2 rings (SSSR count). The van der Waals surface area contributed by atoms with Gasteiger partial charge in [0, 0.05) is 22.9 Å². The number of hydrogen-bond donors (Lipinski definition) is 1. The van der Waals surface area contributed by atoms with Crippen molar-refractivity contribution >= 4 is 11.8 Å². The highest BCUT2D eigenvalue weighted by molar-refractivity contribution is 7.99. The summed E-state index contributed by atoms with van der Waals surface area (Å²) in [6.07, 6.45) is 3.67. The molecule has 1 atom stereocenters. The molecule has 0 aliphatic heterocycles. The minimum Gasteiger partial charge on any atom is -0.489 e. The van der Waals surface area contributed by atoms with Crippen LogP contribution in [-0.2, 0) is 0 Å².